The van der Waals surface area contributed by atoms with E-state index >= 15 is 0 Å². The van der Waals surface area contributed by atoms with E-state index in [1.165, 1.54) is 28.8 Å². The van der Waals surface area contributed by atoms with Crippen molar-refractivity contribution in [1.29, 1.82) is 0 Å². The second-order valence-electron chi connectivity index (χ2n) is 27.7. The van der Waals surface area contributed by atoms with Gasteiger partial charge in [-0.25, -0.2) is 26.6 Å². The molecule has 6 aromatic rings. The molecule has 4 aliphatic heterocycles. The molecule has 23 nitrogen and oxygen atoms in total. The first-order valence-electron chi connectivity index (χ1n) is 35.2. The molecule has 10 rings (SSSR count). The van der Waals surface area contributed by atoms with Gasteiger partial charge >= 0.3 is 11.6 Å². The van der Waals surface area contributed by atoms with Gasteiger partial charge in [-0.15, -0.1) is 23.1 Å². The number of aromatic nitrogens is 1. The van der Waals surface area contributed by atoms with Crippen LogP contribution in [-0.4, -0.2) is 236 Å². The predicted octanol–water partition coefficient (Wildman–Crippen LogP) is 9.84. The number of halogens is 4. The van der Waals surface area contributed by atoms with Crippen molar-refractivity contribution in [2.75, 3.05) is 140 Å². The van der Waals surface area contributed by atoms with Gasteiger partial charge in [-0.1, -0.05) is 87.0 Å². The van der Waals surface area contributed by atoms with E-state index in [2.05, 4.69) is 35.6 Å². The average Bonchev–Trinajstić information content (AvgIpc) is 0.872. The lowest BCUT2D eigenvalue weighted by Crippen LogP contribution is -2.58. The SMILES string of the molecule is Cc1ncsc1-c1ccc([C@H](C)NC(=O)[C@@H]2C[C@@H](O)CN2C(=O)[C@@H](NC(=O)COCCOCCOC(=O)N2CCC(c3ccc(Cl)cc3)=C(CN3CCN(c4ccc(C(=O)CS(=O)(=O)c5ccc(N[C@H](CCN6CCOCC6)CSc6ccccc6)c(S(=O)(=O)C(F)(F)F)c5)cc4)CC3)C2)C(C)(C)C)cc1. The molecule has 4 amide bonds. The maximum Gasteiger partial charge on any atom is 0.501 e. The quantitative estimate of drug-likeness (QED) is 0.0179. The van der Waals surface area contributed by atoms with Crippen LogP contribution in [0, 0.1) is 12.3 Å². The summed E-state index contributed by atoms with van der Waals surface area (Å²) in [6.45, 7) is 15.3. The van der Waals surface area contributed by atoms with Gasteiger partial charge in [0, 0.05) is 111 Å². The number of nitrogens with zero attached hydrogens (tertiary/aromatic N) is 6. The van der Waals surface area contributed by atoms with Crippen molar-refractivity contribution < 1.29 is 78.0 Å². The molecule has 4 aliphatic rings. The van der Waals surface area contributed by atoms with E-state index in [-0.39, 0.29) is 45.0 Å². The number of aryl methyl sites for hydroxylation is 1. The van der Waals surface area contributed by atoms with Gasteiger partial charge in [0.1, 0.15) is 35.9 Å². The molecule has 0 spiro atoms. The van der Waals surface area contributed by atoms with E-state index < -0.39 is 118 Å². The molecule has 3 saturated heterocycles. The Balaban J connectivity index is 0.669. The zero-order chi connectivity index (χ0) is 75.9. The highest BCUT2D eigenvalue weighted by Gasteiger charge is 2.49. The average molecular weight is 1560 g/mol. The molecule has 5 aromatic carbocycles. The lowest BCUT2D eigenvalue weighted by atomic mass is 9.85. The second-order valence-corrected chi connectivity index (χ2v) is 34.0. The first-order chi connectivity index (χ1) is 50.5. The number of thiazole rings is 1. The van der Waals surface area contributed by atoms with Crippen LogP contribution in [0.15, 0.2) is 147 Å². The fourth-order valence-corrected chi connectivity index (χ4v) is 17.3. The lowest BCUT2D eigenvalue weighted by molar-refractivity contribution is -0.144. The van der Waals surface area contributed by atoms with Gasteiger partial charge in [-0.2, -0.15) is 13.2 Å². The smallest absolute Gasteiger partial charge is 0.447 e. The lowest BCUT2D eigenvalue weighted by Gasteiger charge is -2.38. The summed E-state index contributed by atoms with van der Waals surface area (Å²) in [6.07, 6.45) is -0.460. The first-order valence-corrected chi connectivity index (χ1v) is 40.5. The zero-order valence-corrected chi connectivity index (χ0v) is 63.9. The Hall–Kier alpha value is -7.49. The Morgan fingerprint density at radius 1 is 0.802 bits per heavy atom. The van der Waals surface area contributed by atoms with Gasteiger partial charge < -0.3 is 54.7 Å². The molecule has 0 bridgehead atoms. The number of rotatable bonds is 31. The number of β-amino-alcohol motifs (C(OH)–C–C–N with tert-alkyl or cyclic N) is 1. The van der Waals surface area contributed by atoms with E-state index in [4.69, 9.17) is 30.5 Å². The third-order valence-electron chi connectivity index (χ3n) is 19.0. The number of nitrogens with one attached hydrogen (secondary N) is 3. The minimum absolute atomic E-state index is 0.0125. The number of Topliss-reactive ketones (excluding diaryl/α,β-unsaturated/α-hetero) is 1. The van der Waals surface area contributed by atoms with E-state index in [0.29, 0.717) is 108 Å². The molecule has 5 heterocycles. The van der Waals surface area contributed by atoms with Gasteiger partial charge in [-0.05, 0) is 127 Å². The summed E-state index contributed by atoms with van der Waals surface area (Å²) >= 11 is 9.28. The molecule has 0 aliphatic carbocycles. The van der Waals surface area contributed by atoms with Crippen LogP contribution in [0.25, 0.3) is 16.0 Å². The highest BCUT2D eigenvalue weighted by atomic mass is 35.5. The van der Waals surface area contributed by atoms with Crippen LogP contribution in [-0.2, 0) is 53.0 Å². The molecule has 0 unspecified atom stereocenters. The Morgan fingerprint density at radius 2 is 1.48 bits per heavy atom. The summed E-state index contributed by atoms with van der Waals surface area (Å²) in [5.74, 6) is -3.13. The fraction of sp³-hybridized carbons (Fsp3) is 0.467. The largest absolute Gasteiger partial charge is 0.501 e. The van der Waals surface area contributed by atoms with Crippen LogP contribution < -0.4 is 20.9 Å². The number of ether oxygens (including phenoxy) is 4. The Labute approximate surface area is 630 Å². The second kappa shape index (κ2) is 36.6. The standard InChI is InChI=1S/C75H91ClF3N9O14S4/c1-50(52-11-13-55(14-12-52)69-51(2)80-49-104-69)81-71(92)65-41-60(89)45-88(65)72(93)70(74(3,4)5)83-68(91)46-101-38-37-100-39-40-102-73(94)87-28-26-63(53-15-19-57(76)20-16-53)56(44-87)43-85-29-31-86(32-30-85)59-21-17-54(18-22-59)66(90)48-105(95,96)62-23-24-64(67(42-62)106(97,98)75(77,78)79)82-58(25-27-84-33-35-99-36-34-84)47-103-61-9-7-6-8-10-61/h6-24,42,49-50,58,60,65,70,82,89H,25-41,43-48H2,1-5H3,(H,81,92)(H,83,91)/t50-,58+,60+,65-,70+/m0/s1. The monoisotopic (exact) mass is 1560 g/mol. The molecular weight excluding hydrogens is 1470 g/mol. The van der Waals surface area contributed by atoms with Crippen LogP contribution in [0.5, 0.6) is 0 Å². The number of hydrogen-bond acceptors (Lipinski definition) is 21. The van der Waals surface area contributed by atoms with Crippen molar-refractivity contribution in [2.24, 2.45) is 5.41 Å². The third kappa shape index (κ3) is 21.7. The summed E-state index contributed by atoms with van der Waals surface area (Å²) in [6, 6.07) is 30.6. The summed E-state index contributed by atoms with van der Waals surface area (Å²) < 4.78 is 120. The first kappa shape index (κ1) is 81.0. The number of thioether (sulfide) groups is 1. The maximum absolute atomic E-state index is 14.4. The number of benzene rings is 5. The van der Waals surface area contributed by atoms with E-state index in [0.717, 1.165) is 61.1 Å². The molecule has 3 fully saturated rings. The number of morpholine rings is 1. The minimum atomic E-state index is -6.10. The van der Waals surface area contributed by atoms with Crippen molar-refractivity contribution in [3.8, 4) is 10.4 Å². The number of carbonyl (C=O) groups excluding carboxylic acids is 5. The Bertz CT molecular complexity index is 4270. The normalized spacial score (nSPS) is 18.1. The molecule has 31 heteroatoms. The number of sulfone groups is 2. The predicted molar refractivity (Wildman–Crippen MR) is 402 cm³/mol. The molecule has 572 valence electrons. The summed E-state index contributed by atoms with van der Waals surface area (Å²) in [4.78, 5) is 82.3. The Kier molecular flexibility index (Phi) is 28.0. The van der Waals surface area contributed by atoms with Crippen molar-refractivity contribution in [3.05, 3.63) is 160 Å². The molecule has 0 saturated carbocycles. The highest BCUT2D eigenvalue weighted by Crippen LogP contribution is 2.38. The van der Waals surface area contributed by atoms with Crippen LogP contribution in [0.1, 0.15) is 80.2 Å². The summed E-state index contributed by atoms with van der Waals surface area (Å²) in [5, 5.41) is 20.1. The van der Waals surface area contributed by atoms with Crippen LogP contribution in [0.2, 0.25) is 5.02 Å². The zero-order valence-electron chi connectivity index (χ0n) is 59.9. The number of hydrogen-bond donors (Lipinski definition) is 4. The van der Waals surface area contributed by atoms with Crippen molar-refractivity contribution in [1.82, 2.24) is 35.2 Å². The molecule has 0 radical (unpaired) electrons. The van der Waals surface area contributed by atoms with Gasteiger partial charge in [0.25, 0.3) is 9.84 Å². The number of amides is 4. The molecule has 106 heavy (non-hydrogen) atoms. The van der Waals surface area contributed by atoms with E-state index in [9.17, 15) is 59.1 Å². The molecular formula is C75H91ClF3N9O14S4. The summed E-state index contributed by atoms with van der Waals surface area (Å²) in [7, 11) is -10.8. The van der Waals surface area contributed by atoms with Crippen molar-refractivity contribution in [3.63, 3.8) is 0 Å². The summed E-state index contributed by atoms with van der Waals surface area (Å²) in [5.41, 5.74) is 1.50. The number of alkyl halides is 3. The van der Waals surface area contributed by atoms with Crippen molar-refractivity contribution in [2.45, 2.75) is 104 Å². The highest BCUT2D eigenvalue weighted by molar-refractivity contribution is 7.99. The number of likely N-dealkylation sites (tertiary alicyclic amines) is 1. The van der Waals surface area contributed by atoms with Gasteiger partial charge in [0.2, 0.25) is 17.7 Å². The van der Waals surface area contributed by atoms with E-state index in [1.807, 2.05) is 92.7 Å². The number of piperazine rings is 1. The maximum atomic E-state index is 14.4. The van der Waals surface area contributed by atoms with E-state index in [1.54, 1.807) is 54.7 Å². The van der Waals surface area contributed by atoms with Crippen LogP contribution >= 0.6 is 34.7 Å². The molecule has 4 N–H and O–H groups in total. The van der Waals surface area contributed by atoms with Gasteiger partial charge in [0.15, 0.2) is 15.6 Å². The number of carbonyl (C=O) groups is 5. The number of ketones is 1. The number of aliphatic hydroxyl groups is 1. The Morgan fingerprint density at radius 3 is 2.15 bits per heavy atom. The minimum Gasteiger partial charge on any atom is -0.447 e. The number of anilines is 2. The molecule has 1 aromatic heterocycles. The van der Waals surface area contributed by atoms with Crippen molar-refractivity contribution >= 4 is 101 Å². The van der Waals surface area contributed by atoms with Crippen LogP contribution in [0.3, 0.4) is 0 Å². The number of aliphatic hydroxyl groups excluding tert-OH is 1. The fourth-order valence-electron chi connectivity index (χ4n) is 13.1. The van der Waals surface area contributed by atoms with Gasteiger partial charge in [-0.3, -0.25) is 29.0 Å². The topological polar surface area (TPSA) is 276 Å². The third-order valence-corrected chi connectivity index (χ3v) is 24.6. The van der Waals surface area contributed by atoms with Gasteiger partial charge in [0.05, 0.1) is 71.8 Å². The molecule has 5 atom stereocenters. The van der Waals surface area contributed by atoms with Crippen LogP contribution in [0.4, 0.5) is 29.3 Å².